The molecule has 28 heavy (non-hydrogen) atoms. The number of carbonyl (C=O) groups is 2. The monoisotopic (exact) mass is 477 g/mol. The Hall–Kier alpha value is -2.22. The summed E-state index contributed by atoms with van der Waals surface area (Å²) in [5, 5.41) is 6.76. The molecule has 0 fully saturated rings. The fraction of sp³-hybridized carbons (Fsp3) is 0.150. The van der Waals surface area contributed by atoms with Gasteiger partial charge in [-0.1, -0.05) is 39.7 Å². The highest BCUT2D eigenvalue weighted by atomic mass is 79.9. The normalized spacial score (nSPS) is 10.6. The molecule has 0 aliphatic rings. The van der Waals surface area contributed by atoms with Gasteiger partial charge in [0.05, 0.1) is 12.2 Å². The lowest BCUT2D eigenvalue weighted by Gasteiger charge is -2.09. The number of thiazole rings is 1. The van der Waals surface area contributed by atoms with Crippen LogP contribution >= 0.6 is 38.9 Å². The van der Waals surface area contributed by atoms with Crippen molar-refractivity contribution in [1.82, 2.24) is 10.3 Å². The molecule has 2 N–H and O–H groups in total. The zero-order valence-corrected chi connectivity index (χ0v) is 18.3. The van der Waals surface area contributed by atoms with Crippen LogP contribution in [0.4, 0.5) is 5.69 Å². The lowest BCUT2D eigenvalue weighted by Crippen LogP contribution is -2.32. The summed E-state index contributed by atoms with van der Waals surface area (Å²) in [4.78, 5) is 29.6. The summed E-state index contributed by atoms with van der Waals surface area (Å²) >= 11 is 10.7. The van der Waals surface area contributed by atoms with Crippen molar-refractivity contribution in [2.75, 3.05) is 11.9 Å². The summed E-state index contributed by atoms with van der Waals surface area (Å²) in [5.74, 6) is -0.623. The summed E-state index contributed by atoms with van der Waals surface area (Å²) in [7, 11) is 0. The van der Waals surface area contributed by atoms with E-state index in [2.05, 4.69) is 31.5 Å². The smallest absolute Gasteiger partial charge is 0.263 e. The van der Waals surface area contributed by atoms with Crippen LogP contribution in [0.15, 0.2) is 46.9 Å². The van der Waals surface area contributed by atoms with Crippen LogP contribution < -0.4 is 10.6 Å². The van der Waals surface area contributed by atoms with E-state index >= 15 is 0 Å². The molecule has 0 radical (unpaired) electrons. The first kappa shape index (κ1) is 20.5. The van der Waals surface area contributed by atoms with Gasteiger partial charge >= 0.3 is 0 Å². The van der Waals surface area contributed by atoms with Crippen molar-refractivity contribution >= 4 is 56.4 Å². The number of aryl methyl sites for hydroxylation is 2. The maximum Gasteiger partial charge on any atom is 0.263 e. The molecule has 3 rings (SSSR count). The molecule has 0 saturated carbocycles. The van der Waals surface area contributed by atoms with Crippen LogP contribution in [0.2, 0.25) is 5.02 Å². The van der Waals surface area contributed by atoms with Crippen LogP contribution in [-0.4, -0.2) is 23.3 Å². The van der Waals surface area contributed by atoms with Crippen molar-refractivity contribution < 1.29 is 9.59 Å². The van der Waals surface area contributed by atoms with Crippen molar-refractivity contribution in [1.29, 1.82) is 0 Å². The maximum atomic E-state index is 12.5. The van der Waals surface area contributed by atoms with Gasteiger partial charge in [0.15, 0.2) is 0 Å². The van der Waals surface area contributed by atoms with Gasteiger partial charge in [0, 0.05) is 20.7 Å². The molecule has 5 nitrogen and oxygen atoms in total. The number of hydrogen-bond donors (Lipinski definition) is 2. The van der Waals surface area contributed by atoms with Crippen molar-refractivity contribution in [2.24, 2.45) is 0 Å². The summed E-state index contributed by atoms with van der Waals surface area (Å²) in [5.41, 5.74) is 3.10. The molecule has 0 aliphatic heterocycles. The number of carbonyl (C=O) groups excluding carboxylic acids is 2. The second-order valence-electron chi connectivity index (χ2n) is 6.13. The number of hydrogen-bond acceptors (Lipinski definition) is 4. The molecule has 8 heteroatoms. The van der Waals surface area contributed by atoms with Crippen molar-refractivity contribution in [3.05, 3.63) is 68.1 Å². The SMILES string of the molecule is Cc1cc(Br)ccc1NC(=O)CNC(=O)c1sc(-c2cccc(Cl)c2)nc1C. The zero-order chi connectivity index (χ0) is 20.3. The molecule has 1 heterocycles. The van der Waals surface area contributed by atoms with Gasteiger partial charge in [0.2, 0.25) is 5.91 Å². The molecule has 2 aromatic carbocycles. The van der Waals surface area contributed by atoms with E-state index < -0.39 is 0 Å². The number of nitrogens with one attached hydrogen (secondary N) is 2. The molecular weight excluding hydrogens is 462 g/mol. The Morgan fingerprint density at radius 1 is 1.18 bits per heavy atom. The van der Waals surface area contributed by atoms with Crippen LogP contribution in [0.1, 0.15) is 20.9 Å². The lowest BCUT2D eigenvalue weighted by atomic mass is 10.2. The Morgan fingerprint density at radius 3 is 2.68 bits per heavy atom. The van der Waals surface area contributed by atoms with Gasteiger partial charge in [0.1, 0.15) is 9.88 Å². The van der Waals surface area contributed by atoms with Gasteiger partial charge in [-0.15, -0.1) is 11.3 Å². The fourth-order valence-corrected chi connectivity index (χ4v) is 4.20. The molecule has 0 spiro atoms. The average Bonchev–Trinajstić information content (AvgIpc) is 3.04. The average molecular weight is 479 g/mol. The van der Waals surface area contributed by atoms with E-state index in [1.165, 1.54) is 11.3 Å². The predicted molar refractivity (Wildman–Crippen MR) is 117 cm³/mol. The lowest BCUT2D eigenvalue weighted by molar-refractivity contribution is -0.115. The Morgan fingerprint density at radius 2 is 1.96 bits per heavy atom. The number of amides is 2. The van der Waals surface area contributed by atoms with Gasteiger partial charge in [0.25, 0.3) is 5.91 Å². The largest absolute Gasteiger partial charge is 0.342 e. The Bertz CT molecular complexity index is 1050. The molecule has 0 saturated heterocycles. The van der Waals surface area contributed by atoms with Crippen LogP contribution in [0.25, 0.3) is 10.6 Å². The highest BCUT2D eigenvalue weighted by molar-refractivity contribution is 9.10. The van der Waals surface area contributed by atoms with Crippen LogP contribution in [0.5, 0.6) is 0 Å². The van der Waals surface area contributed by atoms with E-state index in [1.54, 1.807) is 19.1 Å². The Labute approximate surface area is 180 Å². The number of aromatic nitrogens is 1. The van der Waals surface area contributed by atoms with Gasteiger partial charge in [-0.3, -0.25) is 9.59 Å². The van der Waals surface area contributed by atoms with Crippen molar-refractivity contribution in [3.8, 4) is 10.6 Å². The first-order valence-electron chi connectivity index (χ1n) is 8.41. The minimum Gasteiger partial charge on any atom is -0.342 e. The first-order valence-corrected chi connectivity index (χ1v) is 10.4. The topological polar surface area (TPSA) is 71.1 Å². The summed E-state index contributed by atoms with van der Waals surface area (Å²) in [6, 6.07) is 12.9. The third-order valence-corrected chi connectivity index (χ3v) is 5.88. The number of anilines is 1. The molecule has 0 atom stereocenters. The number of halogens is 2. The minimum atomic E-state index is -0.328. The summed E-state index contributed by atoms with van der Waals surface area (Å²) < 4.78 is 0.937. The summed E-state index contributed by atoms with van der Waals surface area (Å²) in [6.45, 7) is 3.54. The summed E-state index contributed by atoms with van der Waals surface area (Å²) in [6.07, 6.45) is 0. The molecule has 0 aliphatic carbocycles. The third-order valence-electron chi connectivity index (χ3n) is 3.95. The molecule has 1 aromatic heterocycles. The second-order valence-corrected chi connectivity index (χ2v) is 8.49. The van der Waals surface area contributed by atoms with Crippen LogP contribution in [0, 0.1) is 13.8 Å². The fourth-order valence-electron chi connectivity index (χ4n) is 2.55. The maximum absolute atomic E-state index is 12.5. The second kappa shape index (κ2) is 8.86. The van der Waals surface area contributed by atoms with Gasteiger partial charge < -0.3 is 10.6 Å². The molecule has 144 valence electrons. The van der Waals surface area contributed by atoms with E-state index in [1.807, 2.05) is 37.3 Å². The van der Waals surface area contributed by atoms with Gasteiger partial charge in [-0.05, 0) is 49.7 Å². The molecule has 3 aromatic rings. The highest BCUT2D eigenvalue weighted by Crippen LogP contribution is 2.29. The van der Waals surface area contributed by atoms with E-state index in [-0.39, 0.29) is 18.4 Å². The minimum absolute atomic E-state index is 0.127. The van der Waals surface area contributed by atoms with E-state index in [0.29, 0.717) is 26.3 Å². The highest BCUT2D eigenvalue weighted by Gasteiger charge is 2.17. The zero-order valence-electron chi connectivity index (χ0n) is 15.2. The molecule has 2 amide bonds. The predicted octanol–water partition coefficient (Wildman–Crippen LogP) is 5.21. The van der Waals surface area contributed by atoms with E-state index in [0.717, 1.165) is 15.6 Å². The van der Waals surface area contributed by atoms with Crippen LogP contribution in [-0.2, 0) is 4.79 Å². The van der Waals surface area contributed by atoms with Crippen molar-refractivity contribution in [3.63, 3.8) is 0 Å². The molecular formula is C20H17BrClN3O2S. The number of benzene rings is 2. The number of nitrogens with zero attached hydrogens (tertiary/aromatic N) is 1. The van der Waals surface area contributed by atoms with Crippen molar-refractivity contribution in [2.45, 2.75) is 13.8 Å². The molecule has 0 unspecified atom stereocenters. The first-order chi connectivity index (χ1) is 13.3. The van der Waals surface area contributed by atoms with Crippen LogP contribution in [0.3, 0.4) is 0 Å². The van der Waals surface area contributed by atoms with E-state index in [4.69, 9.17) is 11.6 Å². The third kappa shape index (κ3) is 4.98. The van der Waals surface area contributed by atoms with E-state index in [9.17, 15) is 9.59 Å². The number of rotatable bonds is 5. The van der Waals surface area contributed by atoms with Gasteiger partial charge in [-0.25, -0.2) is 4.98 Å². The Balaban J connectivity index is 1.64. The quantitative estimate of drug-likeness (QED) is 0.529. The molecule has 0 bridgehead atoms. The standard InChI is InChI=1S/C20H17BrClN3O2S/c1-11-8-14(21)6-7-16(11)25-17(26)10-23-19(27)18-12(2)24-20(28-18)13-4-3-5-15(22)9-13/h3-9H,10H2,1-2H3,(H,23,27)(H,25,26). The van der Waals surface area contributed by atoms with Gasteiger partial charge in [-0.2, -0.15) is 0 Å². The Kier molecular flexibility index (Phi) is 6.49.